The highest BCUT2D eigenvalue weighted by Gasteiger charge is 2.02. The Morgan fingerprint density at radius 1 is 1.00 bits per heavy atom. The molecule has 0 aliphatic rings. The van der Waals surface area contributed by atoms with Crippen LogP contribution in [0.1, 0.15) is 50.7 Å². The largest absolute Gasteiger partial charge is 0.490 e. The lowest BCUT2D eigenvalue weighted by molar-refractivity contribution is -0.118. The number of hydrogen-bond acceptors (Lipinski definition) is 4. The second kappa shape index (κ2) is 12.5. The van der Waals surface area contributed by atoms with Crippen LogP contribution in [0, 0.1) is 0 Å². The molecule has 28 heavy (non-hydrogen) atoms. The van der Waals surface area contributed by atoms with Crippen molar-refractivity contribution in [3.05, 3.63) is 59.7 Å². The predicted octanol–water partition coefficient (Wildman–Crippen LogP) is 4.74. The van der Waals surface area contributed by atoms with Gasteiger partial charge in [-0.25, -0.2) is 5.43 Å². The Morgan fingerprint density at radius 3 is 2.50 bits per heavy atom. The maximum atomic E-state index is 10.9. The van der Waals surface area contributed by atoms with E-state index >= 15 is 0 Å². The van der Waals surface area contributed by atoms with Crippen LogP contribution >= 0.6 is 0 Å². The topological polar surface area (TPSA) is 59.9 Å². The maximum Gasteiger partial charge on any atom is 0.236 e. The van der Waals surface area contributed by atoms with E-state index < -0.39 is 0 Å². The first-order valence-corrected chi connectivity index (χ1v) is 9.92. The summed E-state index contributed by atoms with van der Waals surface area (Å²) in [6.07, 6.45) is 7.80. The molecule has 0 fully saturated rings. The number of carbonyl (C=O) groups is 1. The molecule has 1 N–H and O–H groups in total. The predicted molar refractivity (Wildman–Crippen MR) is 113 cm³/mol. The van der Waals surface area contributed by atoms with Gasteiger partial charge >= 0.3 is 0 Å². The monoisotopic (exact) mass is 382 g/mol. The molecule has 5 nitrogen and oxygen atoms in total. The highest BCUT2D eigenvalue weighted by Crippen LogP contribution is 2.17. The number of carbonyl (C=O) groups excluding carboxylic acids is 1. The summed E-state index contributed by atoms with van der Waals surface area (Å²) in [5.74, 6) is 1.33. The molecule has 2 rings (SSSR count). The zero-order valence-corrected chi connectivity index (χ0v) is 16.8. The van der Waals surface area contributed by atoms with Gasteiger partial charge in [-0.05, 0) is 42.7 Å². The Hall–Kier alpha value is -2.82. The van der Waals surface area contributed by atoms with E-state index in [1.165, 1.54) is 38.2 Å². The fourth-order valence-electron chi connectivity index (χ4n) is 2.73. The fraction of sp³-hybridized carbons (Fsp3) is 0.391. The third kappa shape index (κ3) is 8.25. The molecule has 0 radical (unpaired) electrons. The van der Waals surface area contributed by atoms with Crippen molar-refractivity contribution in [2.45, 2.75) is 46.0 Å². The summed E-state index contributed by atoms with van der Waals surface area (Å²) in [6.45, 7) is 4.51. The molecule has 2 aromatic carbocycles. The summed E-state index contributed by atoms with van der Waals surface area (Å²) in [7, 11) is 0. The molecule has 0 heterocycles. The van der Waals surface area contributed by atoms with Crippen LogP contribution in [0.2, 0.25) is 0 Å². The average molecular weight is 383 g/mol. The number of hydrazone groups is 1. The molecular formula is C23H30N2O3. The number of aryl methyl sites for hydroxylation is 1. The van der Waals surface area contributed by atoms with Crippen LogP contribution in [0.5, 0.6) is 11.5 Å². The van der Waals surface area contributed by atoms with Crippen LogP contribution in [0.4, 0.5) is 0 Å². The second-order valence-electron chi connectivity index (χ2n) is 6.62. The van der Waals surface area contributed by atoms with Gasteiger partial charge in [0.05, 0.1) is 6.21 Å². The molecule has 0 saturated heterocycles. The third-order valence-electron chi connectivity index (χ3n) is 4.20. The minimum Gasteiger partial charge on any atom is -0.490 e. The molecule has 0 spiro atoms. The molecule has 0 bridgehead atoms. The van der Waals surface area contributed by atoms with Crippen molar-refractivity contribution in [3.63, 3.8) is 0 Å². The zero-order chi connectivity index (χ0) is 20.0. The first-order valence-electron chi connectivity index (χ1n) is 9.92. The Kier molecular flexibility index (Phi) is 9.62. The minimum atomic E-state index is -0.213. The zero-order valence-electron chi connectivity index (χ0n) is 16.8. The number of para-hydroxylation sites is 1. The molecule has 1 amide bonds. The van der Waals surface area contributed by atoms with Crippen molar-refractivity contribution in [2.75, 3.05) is 13.2 Å². The first kappa shape index (κ1) is 21.5. The molecule has 0 atom stereocenters. The molecule has 0 saturated carbocycles. The highest BCUT2D eigenvalue weighted by atomic mass is 16.5. The van der Waals surface area contributed by atoms with E-state index in [2.05, 4.69) is 29.6 Å². The third-order valence-corrected chi connectivity index (χ3v) is 4.20. The molecule has 0 aliphatic heterocycles. The van der Waals surface area contributed by atoms with E-state index in [1.807, 2.05) is 36.4 Å². The van der Waals surface area contributed by atoms with Crippen LogP contribution < -0.4 is 14.9 Å². The van der Waals surface area contributed by atoms with E-state index in [-0.39, 0.29) is 5.91 Å². The summed E-state index contributed by atoms with van der Waals surface area (Å²) in [4.78, 5) is 10.9. The van der Waals surface area contributed by atoms with Crippen molar-refractivity contribution >= 4 is 12.1 Å². The van der Waals surface area contributed by atoms with E-state index in [0.717, 1.165) is 17.7 Å². The number of hydrogen-bond donors (Lipinski definition) is 1. The van der Waals surface area contributed by atoms with Gasteiger partial charge in [0.1, 0.15) is 24.7 Å². The summed E-state index contributed by atoms with van der Waals surface area (Å²) in [6, 6.07) is 15.8. The van der Waals surface area contributed by atoms with Crippen molar-refractivity contribution in [2.24, 2.45) is 5.10 Å². The summed E-state index contributed by atoms with van der Waals surface area (Å²) in [5.41, 5.74) is 4.53. The fourth-order valence-corrected chi connectivity index (χ4v) is 2.73. The van der Waals surface area contributed by atoms with Gasteiger partial charge in [0.2, 0.25) is 5.91 Å². The number of unbranched alkanes of at least 4 members (excludes halogenated alkanes) is 3. The van der Waals surface area contributed by atoms with Gasteiger partial charge in [0.25, 0.3) is 0 Å². The second-order valence-corrected chi connectivity index (χ2v) is 6.62. The Labute approximate surface area is 167 Å². The summed E-state index contributed by atoms with van der Waals surface area (Å²) in [5, 5.41) is 3.88. The van der Waals surface area contributed by atoms with Gasteiger partial charge in [-0.1, -0.05) is 50.5 Å². The Balaban J connectivity index is 1.74. The van der Waals surface area contributed by atoms with E-state index in [0.29, 0.717) is 19.0 Å². The maximum absolute atomic E-state index is 10.9. The molecule has 2 aromatic rings. The quantitative estimate of drug-likeness (QED) is 0.328. The van der Waals surface area contributed by atoms with Crippen LogP contribution in [-0.2, 0) is 11.2 Å². The highest BCUT2D eigenvalue weighted by molar-refractivity contribution is 5.84. The summed E-state index contributed by atoms with van der Waals surface area (Å²) >= 11 is 0. The van der Waals surface area contributed by atoms with Crippen molar-refractivity contribution in [1.29, 1.82) is 0 Å². The molecule has 5 heteroatoms. The van der Waals surface area contributed by atoms with Gasteiger partial charge in [-0.3, -0.25) is 4.79 Å². The number of nitrogens with one attached hydrogen (secondary N) is 1. The van der Waals surface area contributed by atoms with E-state index in [1.54, 1.807) is 6.21 Å². The first-order chi connectivity index (χ1) is 13.7. The van der Waals surface area contributed by atoms with Gasteiger partial charge < -0.3 is 9.47 Å². The van der Waals surface area contributed by atoms with Crippen LogP contribution in [0.25, 0.3) is 0 Å². The molecule has 0 unspecified atom stereocenters. The lowest BCUT2D eigenvalue weighted by Gasteiger charge is -2.10. The number of benzene rings is 2. The van der Waals surface area contributed by atoms with Gasteiger partial charge in [-0.15, -0.1) is 0 Å². The minimum absolute atomic E-state index is 0.213. The number of ether oxygens (including phenoxy) is 2. The standard InChI is InChI=1S/C23H30N2O3/c1-3-4-5-6-9-20-12-14-22(15-13-20)27-16-17-28-23-11-8-7-10-21(23)18-24-25-19(2)26/h7-8,10-15,18H,3-6,9,16-17H2,1-2H3,(H,25,26). The van der Waals surface area contributed by atoms with Crippen LogP contribution in [-0.4, -0.2) is 25.3 Å². The Bertz CT molecular complexity index is 742. The van der Waals surface area contributed by atoms with Gasteiger partial charge in [0, 0.05) is 12.5 Å². The molecular weight excluding hydrogens is 352 g/mol. The van der Waals surface area contributed by atoms with E-state index in [9.17, 15) is 4.79 Å². The van der Waals surface area contributed by atoms with Gasteiger partial charge in [0.15, 0.2) is 0 Å². The smallest absolute Gasteiger partial charge is 0.236 e. The number of amides is 1. The SMILES string of the molecule is CCCCCCc1ccc(OCCOc2ccccc2C=NNC(C)=O)cc1. The molecule has 0 aromatic heterocycles. The van der Waals surface area contributed by atoms with Crippen molar-refractivity contribution in [1.82, 2.24) is 5.43 Å². The Morgan fingerprint density at radius 2 is 1.75 bits per heavy atom. The average Bonchev–Trinajstić information content (AvgIpc) is 2.70. The number of nitrogens with zero attached hydrogens (tertiary/aromatic N) is 1. The van der Waals surface area contributed by atoms with E-state index in [4.69, 9.17) is 9.47 Å². The summed E-state index contributed by atoms with van der Waals surface area (Å²) < 4.78 is 11.5. The van der Waals surface area contributed by atoms with Gasteiger partial charge in [-0.2, -0.15) is 5.10 Å². The van der Waals surface area contributed by atoms with Crippen LogP contribution in [0.3, 0.4) is 0 Å². The molecule has 150 valence electrons. The van der Waals surface area contributed by atoms with Crippen molar-refractivity contribution in [3.8, 4) is 11.5 Å². The van der Waals surface area contributed by atoms with Crippen molar-refractivity contribution < 1.29 is 14.3 Å². The van der Waals surface area contributed by atoms with Crippen LogP contribution in [0.15, 0.2) is 53.6 Å². The lowest BCUT2D eigenvalue weighted by Crippen LogP contribution is -2.13. The number of rotatable bonds is 12. The lowest BCUT2D eigenvalue weighted by atomic mass is 10.1. The molecule has 0 aliphatic carbocycles. The normalized spacial score (nSPS) is 10.8.